The van der Waals surface area contributed by atoms with Crippen LogP contribution in [0.1, 0.15) is 22.3 Å². The topological polar surface area (TPSA) is 83.6 Å². The standard InChI is InChI=1S/C13H18N2O3/c1-15(9-7-12(14)16)8-6-10-4-2-3-5-11(10)13(17)18/h2-5H,6-9H2,1H3,(H2,14,16)(H,17,18). The van der Waals surface area contributed by atoms with Crippen LogP contribution in [0.2, 0.25) is 0 Å². The molecule has 98 valence electrons. The molecule has 3 N–H and O–H groups in total. The Morgan fingerprint density at radius 1 is 1.28 bits per heavy atom. The van der Waals surface area contributed by atoms with E-state index < -0.39 is 5.97 Å². The van der Waals surface area contributed by atoms with Crippen LogP contribution in [0.5, 0.6) is 0 Å². The lowest BCUT2D eigenvalue weighted by atomic mass is 10.0. The Labute approximate surface area is 106 Å². The fraction of sp³-hybridized carbons (Fsp3) is 0.385. The van der Waals surface area contributed by atoms with E-state index in [1.807, 2.05) is 24.1 Å². The minimum absolute atomic E-state index is 0.317. The number of likely N-dealkylation sites (N-methyl/N-ethyl adjacent to an activating group) is 1. The number of hydrogen-bond donors (Lipinski definition) is 2. The first-order valence-corrected chi connectivity index (χ1v) is 5.78. The molecule has 0 bridgehead atoms. The monoisotopic (exact) mass is 250 g/mol. The number of carboxylic acids is 1. The van der Waals surface area contributed by atoms with Crippen LogP contribution in [0.25, 0.3) is 0 Å². The lowest BCUT2D eigenvalue weighted by Gasteiger charge is -2.16. The van der Waals surface area contributed by atoms with Gasteiger partial charge in [-0.15, -0.1) is 0 Å². The molecule has 1 aromatic rings. The van der Waals surface area contributed by atoms with Gasteiger partial charge >= 0.3 is 5.97 Å². The van der Waals surface area contributed by atoms with Crippen LogP contribution in [0.3, 0.4) is 0 Å². The van der Waals surface area contributed by atoms with Crippen molar-refractivity contribution in [1.82, 2.24) is 4.90 Å². The molecular weight excluding hydrogens is 232 g/mol. The van der Waals surface area contributed by atoms with E-state index in [1.54, 1.807) is 12.1 Å². The number of benzene rings is 1. The minimum atomic E-state index is -0.912. The van der Waals surface area contributed by atoms with E-state index in [2.05, 4.69) is 0 Å². The molecule has 0 saturated carbocycles. The molecule has 0 aromatic heterocycles. The van der Waals surface area contributed by atoms with Gasteiger partial charge in [0, 0.05) is 19.5 Å². The zero-order valence-electron chi connectivity index (χ0n) is 10.4. The number of amides is 1. The maximum Gasteiger partial charge on any atom is 0.335 e. The third-order valence-electron chi connectivity index (χ3n) is 2.75. The minimum Gasteiger partial charge on any atom is -0.478 e. The number of nitrogens with two attached hydrogens (primary N) is 1. The highest BCUT2D eigenvalue weighted by Gasteiger charge is 2.09. The third kappa shape index (κ3) is 4.55. The molecule has 0 aliphatic heterocycles. The fourth-order valence-corrected chi connectivity index (χ4v) is 1.67. The Morgan fingerprint density at radius 2 is 1.94 bits per heavy atom. The highest BCUT2D eigenvalue weighted by molar-refractivity contribution is 5.89. The van der Waals surface area contributed by atoms with Crippen LogP contribution >= 0.6 is 0 Å². The molecule has 5 nitrogen and oxygen atoms in total. The predicted octanol–water partition coefficient (Wildman–Crippen LogP) is 0.734. The summed E-state index contributed by atoms with van der Waals surface area (Å²) in [7, 11) is 1.88. The molecule has 5 heteroatoms. The van der Waals surface area contributed by atoms with E-state index in [9.17, 15) is 9.59 Å². The number of hydrogen-bond acceptors (Lipinski definition) is 3. The van der Waals surface area contributed by atoms with Crippen molar-refractivity contribution in [1.29, 1.82) is 0 Å². The van der Waals surface area contributed by atoms with E-state index in [4.69, 9.17) is 10.8 Å². The fourth-order valence-electron chi connectivity index (χ4n) is 1.67. The smallest absolute Gasteiger partial charge is 0.335 e. The Bertz CT molecular complexity index is 432. The number of carboxylic acid groups (broad SMARTS) is 1. The Kier molecular flexibility index (Phi) is 5.32. The lowest BCUT2D eigenvalue weighted by molar-refractivity contribution is -0.118. The van der Waals surface area contributed by atoms with Gasteiger partial charge < -0.3 is 15.7 Å². The van der Waals surface area contributed by atoms with Gasteiger partial charge in [-0.3, -0.25) is 4.79 Å². The quantitative estimate of drug-likeness (QED) is 0.747. The summed E-state index contributed by atoms with van der Waals surface area (Å²) in [6.07, 6.45) is 0.953. The summed E-state index contributed by atoms with van der Waals surface area (Å²) in [5.74, 6) is -1.24. The Morgan fingerprint density at radius 3 is 2.56 bits per heavy atom. The average molecular weight is 250 g/mol. The Balaban J connectivity index is 2.53. The van der Waals surface area contributed by atoms with Gasteiger partial charge in [-0.1, -0.05) is 18.2 Å². The first-order chi connectivity index (χ1) is 8.50. The second-order valence-electron chi connectivity index (χ2n) is 4.23. The van der Waals surface area contributed by atoms with Gasteiger partial charge in [-0.2, -0.15) is 0 Å². The van der Waals surface area contributed by atoms with Crippen LogP contribution in [-0.4, -0.2) is 42.0 Å². The first kappa shape index (κ1) is 14.2. The van der Waals surface area contributed by atoms with Gasteiger partial charge in [0.1, 0.15) is 0 Å². The van der Waals surface area contributed by atoms with Crippen LogP contribution in [0, 0.1) is 0 Å². The highest BCUT2D eigenvalue weighted by atomic mass is 16.4. The van der Waals surface area contributed by atoms with Crippen LogP contribution < -0.4 is 5.73 Å². The van der Waals surface area contributed by atoms with Crippen molar-refractivity contribution in [3.05, 3.63) is 35.4 Å². The van der Waals surface area contributed by atoms with Crippen molar-refractivity contribution in [2.45, 2.75) is 12.8 Å². The highest BCUT2D eigenvalue weighted by Crippen LogP contribution is 2.10. The molecule has 0 unspecified atom stereocenters. The summed E-state index contributed by atoms with van der Waals surface area (Å²) >= 11 is 0. The van der Waals surface area contributed by atoms with E-state index in [1.165, 1.54) is 0 Å². The number of aromatic carboxylic acids is 1. The molecule has 0 heterocycles. The molecule has 1 rings (SSSR count). The molecule has 0 fully saturated rings. The van der Waals surface area contributed by atoms with Crippen LogP contribution in [-0.2, 0) is 11.2 Å². The summed E-state index contributed by atoms with van der Waals surface area (Å²) in [5.41, 5.74) is 6.20. The summed E-state index contributed by atoms with van der Waals surface area (Å²) < 4.78 is 0. The van der Waals surface area contributed by atoms with E-state index >= 15 is 0 Å². The molecule has 0 radical (unpaired) electrons. The van der Waals surface area contributed by atoms with Crippen molar-refractivity contribution in [3.63, 3.8) is 0 Å². The number of nitrogens with zero attached hydrogens (tertiary/aromatic N) is 1. The van der Waals surface area contributed by atoms with Gasteiger partial charge in [0.25, 0.3) is 0 Å². The summed E-state index contributed by atoms with van der Waals surface area (Å²) in [4.78, 5) is 23.6. The maximum atomic E-state index is 11.0. The predicted molar refractivity (Wildman–Crippen MR) is 68.4 cm³/mol. The van der Waals surface area contributed by atoms with Crippen molar-refractivity contribution < 1.29 is 14.7 Å². The maximum absolute atomic E-state index is 11.0. The molecule has 0 spiro atoms. The second kappa shape index (κ2) is 6.76. The van der Waals surface area contributed by atoms with Gasteiger partial charge in [-0.05, 0) is 25.1 Å². The zero-order chi connectivity index (χ0) is 13.5. The number of carbonyl (C=O) groups excluding carboxylic acids is 1. The average Bonchev–Trinajstić information content (AvgIpc) is 2.34. The van der Waals surface area contributed by atoms with Crippen molar-refractivity contribution >= 4 is 11.9 Å². The van der Waals surface area contributed by atoms with E-state index in [-0.39, 0.29) is 5.91 Å². The molecule has 1 amide bonds. The van der Waals surface area contributed by atoms with Crippen molar-refractivity contribution in [3.8, 4) is 0 Å². The molecule has 18 heavy (non-hydrogen) atoms. The van der Waals surface area contributed by atoms with Crippen molar-refractivity contribution in [2.75, 3.05) is 20.1 Å². The molecular formula is C13H18N2O3. The lowest BCUT2D eigenvalue weighted by Crippen LogP contribution is -2.26. The van der Waals surface area contributed by atoms with Gasteiger partial charge in [0.05, 0.1) is 5.56 Å². The van der Waals surface area contributed by atoms with Gasteiger partial charge in [0.2, 0.25) is 5.91 Å². The molecule has 0 atom stereocenters. The first-order valence-electron chi connectivity index (χ1n) is 5.78. The van der Waals surface area contributed by atoms with Gasteiger partial charge in [-0.25, -0.2) is 4.79 Å². The molecule has 0 aliphatic carbocycles. The van der Waals surface area contributed by atoms with Crippen LogP contribution in [0.15, 0.2) is 24.3 Å². The number of primary amides is 1. The summed E-state index contributed by atoms with van der Waals surface area (Å²) in [6, 6.07) is 6.95. The normalized spacial score (nSPS) is 10.6. The third-order valence-corrected chi connectivity index (χ3v) is 2.75. The number of carbonyl (C=O) groups is 2. The van der Waals surface area contributed by atoms with Crippen molar-refractivity contribution in [2.24, 2.45) is 5.73 Å². The van der Waals surface area contributed by atoms with E-state index in [0.29, 0.717) is 31.5 Å². The Hall–Kier alpha value is -1.88. The largest absolute Gasteiger partial charge is 0.478 e. The van der Waals surface area contributed by atoms with Gasteiger partial charge in [0.15, 0.2) is 0 Å². The number of rotatable bonds is 7. The van der Waals surface area contributed by atoms with Crippen LogP contribution in [0.4, 0.5) is 0 Å². The van der Waals surface area contributed by atoms with E-state index in [0.717, 1.165) is 5.56 Å². The zero-order valence-corrected chi connectivity index (χ0v) is 10.4. The molecule has 1 aromatic carbocycles. The summed E-state index contributed by atoms with van der Waals surface area (Å²) in [5, 5.41) is 9.03. The summed E-state index contributed by atoms with van der Waals surface area (Å²) in [6.45, 7) is 1.28. The second-order valence-corrected chi connectivity index (χ2v) is 4.23. The SMILES string of the molecule is CN(CCC(N)=O)CCc1ccccc1C(=O)O. The molecule has 0 saturated heterocycles. The molecule has 0 aliphatic rings.